The van der Waals surface area contributed by atoms with Gasteiger partial charge < -0.3 is 0 Å². The Morgan fingerprint density at radius 3 is 2.67 bits per heavy atom. The minimum absolute atomic E-state index is 0.170. The SMILES string of the molecule is C#C/C=C\[C@@H]1[C@@H]2CCC[C@]13CCC[C@@H](C/C=C/C#C)N3O2. The third-order valence-electron chi connectivity index (χ3n) is 5.31. The molecule has 0 amide bonds. The smallest absolute Gasteiger partial charge is 0.0875 e. The summed E-state index contributed by atoms with van der Waals surface area (Å²) in [5, 5.41) is 2.33. The van der Waals surface area contributed by atoms with Crippen LogP contribution in [-0.4, -0.2) is 22.7 Å². The summed E-state index contributed by atoms with van der Waals surface area (Å²) in [6, 6.07) is 0.452. The van der Waals surface area contributed by atoms with Crippen LogP contribution < -0.4 is 0 Å². The predicted octanol–water partition coefficient (Wildman–Crippen LogP) is 3.46. The highest BCUT2D eigenvalue weighted by Gasteiger charge is 2.58. The fourth-order valence-electron chi connectivity index (χ4n) is 4.51. The second-order valence-corrected chi connectivity index (χ2v) is 6.37. The van der Waals surface area contributed by atoms with Crippen LogP contribution >= 0.6 is 0 Å². The summed E-state index contributed by atoms with van der Waals surface area (Å²) >= 11 is 0. The second kappa shape index (κ2) is 6.10. The molecular weight excluding hydrogens is 258 g/mol. The zero-order valence-corrected chi connectivity index (χ0v) is 12.5. The van der Waals surface area contributed by atoms with Crippen molar-refractivity contribution in [2.24, 2.45) is 5.92 Å². The van der Waals surface area contributed by atoms with Gasteiger partial charge in [0.2, 0.25) is 0 Å². The Morgan fingerprint density at radius 2 is 1.90 bits per heavy atom. The van der Waals surface area contributed by atoms with Crippen molar-refractivity contribution in [3.05, 3.63) is 24.3 Å². The summed E-state index contributed by atoms with van der Waals surface area (Å²) in [7, 11) is 0. The molecule has 21 heavy (non-hydrogen) atoms. The van der Waals surface area contributed by atoms with Crippen LogP contribution in [0.1, 0.15) is 44.9 Å². The van der Waals surface area contributed by atoms with Gasteiger partial charge in [-0.25, -0.2) is 0 Å². The average Bonchev–Trinajstić information content (AvgIpc) is 2.66. The minimum Gasteiger partial charge on any atom is -0.294 e. The molecule has 2 heteroatoms. The highest BCUT2D eigenvalue weighted by atomic mass is 16.7. The third-order valence-corrected chi connectivity index (χ3v) is 5.31. The van der Waals surface area contributed by atoms with Crippen molar-refractivity contribution in [3.8, 4) is 24.7 Å². The Hall–Kier alpha value is -1.48. The van der Waals surface area contributed by atoms with E-state index in [0.29, 0.717) is 18.1 Å². The fourth-order valence-corrected chi connectivity index (χ4v) is 4.51. The molecule has 0 aromatic heterocycles. The molecule has 2 saturated heterocycles. The van der Waals surface area contributed by atoms with Gasteiger partial charge in [0.15, 0.2) is 0 Å². The van der Waals surface area contributed by atoms with E-state index in [1.54, 1.807) is 6.08 Å². The van der Waals surface area contributed by atoms with Gasteiger partial charge >= 0.3 is 0 Å². The molecule has 1 spiro atoms. The first kappa shape index (κ1) is 14.5. The topological polar surface area (TPSA) is 12.5 Å². The number of hydrogen-bond acceptors (Lipinski definition) is 2. The molecular formula is C19H23NO. The van der Waals surface area contributed by atoms with Crippen LogP contribution in [0.4, 0.5) is 0 Å². The largest absolute Gasteiger partial charge is 0.294 e. The molecule has 3 fully saturated rings. The van der Waals surface area contributed by atoms with Crippen molar-refractivity contribution in [3.63, 3.8) is 0 Å². The van der Waals surface area contributed by atoms with E-state index in [-0.39, 0.29) is 5.54 Å². The Morgan fingerprint density at radius 1 is 1.14 bits per heavy atom. The zero-order chi connectivity index (χ0) is 14.7. The van der Waals surface area contributed by atoms with E-state index in [4.69, 9.17) is 17.7 Å². The van der Waals surface area contributed by atoms with Gasteiger partial charge in [0.1, 0.15) is 0 Å². The summed E-state index contributed by atoms with van der Waals surface area (Å²) in [4.78, 5) is 6.36. The summed E-state index contributed by atoms with van der Waals surface area (Å²) in [6.07, 6.45) is 27.3. The first-order valence-corrected chi connectivity index (χ1v) is 8.02. The van der Waals surface area contributed by atoms with Crippen molar-refractivity contribution < 1.29 is 4.84 Å². The van der Waals surface area contributed by atoms with Crippen LogP contribution in [0.25, 0.3) is 0 Å². The molecule has 2 aliphatic heterocycles. The maximum Gasteiger partial charge on any atom is 0.0875 e. The summed E-state index contributed by atoms with van der Waals surface area (Å²) in [5.74, 6) is 5.66. The lowest BCUT2D eigenvalue weighted by molar-refractivity contribution is -0.221. The van der Waals surface area contributed by atoms with E-state index in [9.17, 15) is 0 Å². The van der Waals surface area contributed by atoms with Gasteiger partial charge in [-0.2, -0.15) is 5.06 Å². The standard InChI is InChI=1S/C19H23NO/c1-3-5-7-10-16-11-8-14-19-15-9-13-18(21-20(16)19)17(19)12-6-4-2/h1-2,5-7,12,16-18H,8-11,13-15H2/b7-5+,12-6-/t16-,17-,18+,19-/m1/s1. The van der Waals surface area contributed by atoms with Gasteiger partial charge in [-0.15, -0.1) is 12.8 Å². The van der Waals surface area contributed by atoms with Crippen molar-refractivity contribution in [1.82, 2.24) is 5.06 Å². The van der Waals surface area contributed by atoms with E-state index >= 15 is 0 Å². The summed E-state index contributed by atoms with van der Waals surface area (Å²) < 4.78 is 0. The molecule has 110 valence electrons. The maximum absolute atomic E-state index is 6.36. The minimum atomic E-state index is 0.170. The number of rotatable bonds is 3. The molecule has 0 aromatic carbocycles. The van der Waals surface area contributed by atoms with Gasteiger partial charge in [0, 0.05) is 12.0 Å². The lowest BCUT2D eigenvalue weighted by Gasteiger charge is -2.47. The summed E-state index contributed by atoms with van der Waals surface area (Å²) in [6.45, 7) is 0. The van der Waals surface area contributed by atoms with Crippen LogP contribution in [-0.2, 0) is 4.84 Å². The number of terminal acetylenes is 2. The molecule has 0 aromatic rings. The molecule has 2 heterocycles. The molecule has 0 unspecified atom stereocenters. The van der Waals surface area contributed by atoms with E-state index in [2.05, 4.69) is 29.1 Å². The van der Waals surface area contributed by atoms with E-state index < -0.39 is 0 Å². The van der Waals surface area contributed by atoms with E-state index in [1.807, 2.05) is 6.08 Å². The molecule has 1 saturated carbocycles. The Kier molecular flexibility index (Phi) is 4.20. The van der Waals surface area contributed by atoms with E-state index in [1.165, 1.54) is 32.1 Å². The normalized spacial score (nSPS) is 39.2. The van der Waals surface area contributed by atoms with Crippen LogP contribution in [0.2, 0.25) is 0 Å². The first-order chi connectivity index (χ1) is 10.3. The second-order valence-electron chi connectivity index (χ2n) is 6.37. The Bertz CT molecular complexity index is 517. The van der Waals surface area contributed by atoms with Gasteiger partial charge in [-0.3, -0.25) is 4.84 Å². The van der Waals surface area contributed by atoms with Crippen LogP contribution in [0.15, 0.2) is 24.3 Å². The van der Waals surface area contributed by atoms with Crippen molar-refractivity contribution in [2.75, 3.05) is 0 Å². The maximum atomic E-state index is 6.36. The quantitative estimate of drug-likeness (QED) is 0.735. The lowest BCUT2D eigenvalue weighted by Crippen LogP contribution is -2.55. The Labute approximate surface area is 128 Å². The monoisotopic (exact) mass is 281 g/mol. The average molecular weight is 281 g/mol. The van der Waals surface area contributed by atoms with Gasteiger partial charge in [-0.05, 0) is 57.1 Å². The molecule has 3 aliphatic rings. The van der Waals surface area contributed by atoms with Crippen molar-refractivity contribution in [2.45, 2.75) is 62.6 Å². The highest BCUT2D eigenvalue weighted by molar-refractivity contribution is 5.20. The van der Waals surface area contributed by atoms with E-state index in [0.717, 1.165) is 12.8 Å². The fraction of sp³-hybridized carbons (Fsp3) is 0.579. The number of piperidine rings is 1. The molecule has 4 atom stereocenters. The number of allylic oxidation sites excluding steroid dienone is 2. The van der Waals surface area contributed by atoms with Crippen LogP contribution in [0.5, 0.6) is 0 Å². The predicted molar refractivity (Wildman–Crippen MR) is 85.0 cm³/mol. The number of nitrogens with zero attached hydrogens (tertiary/aromatic N) is 1. The first-order valence-electron chi connectivity index (χ1n) is 8.02. The molecule has 0 radical (unpaired) electrons. The molecule has 1 aliphatic carbocycles. The lowest BCUT2D eigenvalue weighted by atomic mass is 9.67. The zero-order valence-electron chi connectivity index (χ0n) is 12.5. The third kappa shape index (κ3) is 2.44. The molecule has 0 N–H and O–H groups in total. The van der Waals surface area contributed by atoms with Crippen molar-refractivity contribution >= 4 is 0 Å². The molecule has 2 nitrogen and oxygen atoms in total. The van der Waals surface area contributed by atoms with Crippen molar-refractivity contribution in [1.29, 1.82) is 0 Å². The summed E-state index contributed by atoms with van der Waals surface area (Å²) in [5.41, 5.74) is 0.170. The number of hydrogen-bond donors (Lipinski definition) is 0. The van der Waals surface area contributed by atoms with Gasteiger partial charge in [0.05, 0.1) is 11.6 Å². The van der Waals surface area contributed by atoms with Crippen LogP contribution in [0, 0.1) is 30.6 Å². The molecule has 2 bridgehead atoms. The molecule has 3 rings (SSSR count). The van der Waals surface area contributed by atoms with Gasteiger partial charge in [-0.1, -0.05) is 24.0 Å². The highest BCUT2D eigenvalue weighted by Crippen LogP contribution is 2.53. The number of hydroxylamine groups is 2. The number of fused-ring (bicyclic) bond motifs is 1. The Balaban J connectivity index is 1.85. The van der Waals surface area contributed by atoms with Gasteiger partial charge in [0.25, 0.3) is 0 Å². The van der Waals surface area contributed by atoms with Crippen LogP contribution in [0.3, 0.4) is 0 Å².